The van der Waals surface area contributed by atoms with Gasteiger partial charge in [0.1, 0.15) is 11.3 Å². The summed E-state index contributed by atoms with van der Waals surface area (Å²) in [4.78, 5) is 12.0. The predicted molar refractivity (Wildman–Crippen MR) is 77.9 cm³/mol. The van der Waals surface area contributed by atoms with Gasteiger partial charge in [0.15, 0.2) is 5.43 Å². The third kappa shape index (κ3) is 2.25. The molecule has 0 spiro atoms. The monoisotopic (exact) mass is 290 g/mol. The number of rotatable bonds is 1. The molecule has 0 saturated heterocycles. The summed E-state index contributed by atoms with van der Waals surface area (Å²) >= 11 is 11.8. The van der Waals surface area contributed by atoms with Crippen molar-refractivity contribution >= 4 is 34.2 Å². The van der Waals surface area contributed by atoms with E-state index >= 15 is 0 Å². The van der Waals surface area contributed by atoms with Crippen molar-refractivity contribution in [3.63, 3.8) is 0 Å². The summed E-state index contributed by atoms with van der Waals surface area (Å²) in [5.41, 5.74) is 1.19. The second kappa shape index (κ2) is 4.72. The lowest BCUT2D eigenvalue weighted by atomic mass is 10.1. The Morgan fingerprint density at radius 2 is 1.68 bits per heavy atom. The molecule has 0 bridgehead atoms. The van der Waals surface area contributed by atoms with Crippen LogP contribution in [0.3, 0.4) is 0 Å². The molecule has 1 aromatic heterocycles. The van der Waals surface area contributed by atoms with Crippen LogP contribution in [0.4, 0.5) is 0 Å². The second-order valence-corrected chi connectivity index (χ2v) is 4.91. The first-order valence-electron chi connectivity index (χ1n) is 5.63. The van der Waals surface area contributed by atoms with E-state index < -0.39 is 0 Å². The molecule has 2 aromatic carbocycles. The molecular formula is C15H8Cl2O2. The minimum atomic E-state index is -0.0806. The Hall–Kier alpha value is -1.77. The van der Waals surface area contributed by atoms with Crippen LogP contribution in [0, 0.1) is 0 Å². The minimum absolute atomic E-state index is 0.0806. The van der Waals surface area contributed by atoms with Crippen LogP contribution >= 0.6 is 23.2 Å². The number of benzene rings is 2. The molecule has 0 amide bonds. The highest BCUT2D eigenvalue weighted by atomic mass is 35.5. The smallest absolute Gasteiger partial charge is 0.193 e. The van der Waals surface area contributed by atoms with Gasteiger partial charge < -0.3 is 4.42 Å². The first-order chi connectivity index (χ1) is 9.15. The normalized spacial score (nSPS) is 10.8. The van der Waals surface area contributed by atoms with E-state index in [-0.39, 0.29) is 5.43 Å². The second-order valence-electron chi connectivity index (χ2n) is 4.10. The average Bonchev–Trinajstić information content (AvgIpc) is 2.42. The van der Waals surface area contributed by atoms with Gasteiger partial charge in [0, 0.05) is 11.6 Å². The Labute approximate surface area is 119 Å². The summed E-state index contributed by atoms with van der Waals surface area (Å²) in [5.74, 6) is 0.474. The zero-order valence-corrected chi connectivity index (χ0v) is 11.2. The molecule has 0 aliphatic heterocycles. The molecule has 0 fully saturated rings. The Bertz CT molecular complexity index is 822. The van der Waals surface area contributed by atoms with E-state index in [4.69, 9.17) is 27.6 Å². The summed E-state index contributed by atoms with van der Waals surface area (Å²) in [6, 6.07) is 13.7. The first-order valence-corrected chi connectivity index (χ1v) is 6.39. The number of fused-ring (bicyclic) bond motifs is 1. The SMILES string of the molecule is O=c1cc(-c2ccc(Cl)c(Cl)c2)oc2ccccc12. The Balaban J connectivity index is 2.25. The zero-order chi connectivity index (χ0) is 13.4. The molecule has 94 valence electrons. The molecule has 19 heavy (non-hydrogen) atoms. The fourth-order valence-corrected chi connectivity index (χ4v) is 2.19. The van der Waals surface area contributed by atoms with Crippen molar-refractivity contribution in [1.29, 1.82) is 0 Å². The maximum Gasteiger partial charge on any atom is 0.193 e. The number of hydrogen-bond acceptors (Lipinski definition) is 2. The summed E-state index contributed by atoms with van der Waals surface area (Å²) in [6.07, 6.45) is 0. The Morgan fingerprint density at radius 3 is 2.47 bits per heavy atom. The van der Waals surface area contributed by atoms with Gasteiger partial charge in [-0.25, -0.2) is 0 Å². The summed E-state index contributed by atoms with van der Waals surface area (Å²) in [5, 5.41) is 1.45. The third-order valence-electron chi connectivity index (χ3n) is 2.84. The molecule has 2 nitrogen and oxygen atoms in total. The number of para-hydroxylation sites is 1. The van der Waals surface area contributed by atoms with Crippen LogP contribution in [0.1, 0.15) is 0 Å². The molecule has 0 N–H and O–H groups in total. The van der Waals surface area contributed by atoms with Crippen LogP contribution in [0.2, 0.25) is 10.0 Å². The van der Waals surface area contributed by atoms with Gasteiger partial charge in [-0.2, -0.15) is 0 Å². The topological polar surface area (TPSA) is 30.2 Å². The van der Waals surface area contributed by atoms with Gasteiger partial charge in [0.2, 0.25) is 0 Å². The van der Waals surface area contributed by atoms with Crippen LogP contribution in [0.25, 0.3) is 22.3 Å². The van der Waals surface area contributed by atoms with Gasteiger partial charge in [0.05, 0.1) is 15.4 Å². The molecular weight excluding hydrogens is 283 g/mol. The van der Waals surface area contributed by atoms with E-state index in [1.807, 2.05) is 6.07 Å². The highest BCUT2D eigenvalue weighted by Gasteiger charge is 2.08. The molecule has 3 aromatic rings. The summed E-state index contributed by atoms with van der Waals surface area (Å²) in [6.45, 7) is 0. The maximum absolute atomic E-state index is 12.0. The van der Waals surface area contributed by atoms with E-state index in [1.54, 1.807) is 36.4 Å². The van der Waals surface area contributed by atoms with Crippen molar-refractivity contribution in [2.45, 2.75) is 0 Å². The van der Waals surface area contributed by atoms with Crippen molar-refractivity contribution in [2.24, 2.45) is 0 Å². The van der Waals surface area contributed by atoms with Crippen LogP contribution < -0.4 is 5.43 Å². The lowest BCUT2D eigenvalue weighted by molar-refractivity contribution is 0.619. The van der Waals surface area contributed by atoms with E-state index in [9.17, 15) is 4.79 Å². The van der Waals surface area contributed by atoms with Gasteiger partial charge in [-0.15, -0.1) is 0 Å². The molecule has 0 aliphatic carbocycles. The largest absolute Gasteiger partial charge is 0.456 e. The van der Waals surface area contributed by atoms with Gasteiger partial charge in [-0.1, -0.05) is 35.3 Å². The molecule has 0 atom stereocenters. The van der Waals surface area contributed by atoms with E-state index in [2.05, 4.69) is 0 Å². The van der Waals surface area contributed by atoms with Crippen LogP contribution in [-0.2, 0) is 0 Å². The standard InChI is InChI=1S/C15H8Cl2O2/c16-11-6-5-9(7-12(11)17)15-8-13(18)10-3-1-2-4-14(10)19-15/h1-8H. The van der Waals surface area contributed by atoms with Gasteiger partial charge in [-0.05, 0) is 30.3 Å². The maximum atomic E-state index is 12.0. The fraction of sp³-hybridized carbons (Fsp3) is 0. The van der Waals surface area contributed by atoms with E-state index in [0.717, 1.165) is 5.56 Å². The summed E-state index contributed by atoms with van der Waals surface area (Å²) < 4.78 is 5.72. The Morgan fingerprint density at radius 1 is 0.895 bits per heavy atom. The van der Waals surface area contributed by atoms with Crippen molar-refractivity contribution in [1.82, 2.24) is 0 Å². The number of hydrogen-bond donors (Lipinski definition) is 0. The van der Waals surface area contributed by atoms with Crippen molar-refractivity contribution in [3.05, 3.63) is 68.8 Å². The van der Waals surface area contributed by atoms with Crippen LogP contribution in [-0.4, -0.2) is 0 Å². The lowest BCUT2D eigenvalue weighted by Gasteiger charge is -2.04. The number of halogens is 2. The van der Waals surface area contributed by atoms with Crippen molar-refractivity contribution in [2.75, 3.05) is 0 Å². The molecule has 0 radical (unpaired) electrons. The van der Waals surface area contributed by atoms with E-state index in [0.29, 0.717) is 26.8 Å². The Kier molecular flexibility index (Phi) is 3.05. The van der Waals surface area contributed by atoms with Crippen LogP contribution in [0.5, 0.6) is 0 Å². The lowest BCUT2D eigenvalue weighted by Crippen LogP contribution is -1.99. The molecule has 3 rings (SSSR count). The predicted octanol–water partition coefficient (Wildman–Crippen LogP) is 4.77. The zero-order valence-electron chi connectivity index (χ0n) is 9.69. The van der Waals surface area contributed by atoms with Crippen molar-refractivity contribution < 1.29 is 4.42 Å². The molecule has 1 heterocycles. The van der Waals surface area contributed by atoms with Gasteiger partial charge >= 0.3 is 0 Å². The average molecular weight is 291 g/mol. The molecule has 0 aliphatic rings. The van der Waals surface area contributed by atoms with Crippen LogP contribution in [0.15, 0.2) is 57.7 Å². The molecule has 0 saturated carbocycles. The third-order valence-corrected chi connectivity index (χ3v) is 3.58. The van der Waals surface area contributed by atoms with Gasteiger partial charge in [-0.3, -0.25) is 4.79 Å². The first kappa shape index (κ1) is 12.3. The van der Waals surface area contributed by atoms with Gasteiger partial charge in [0.25, 0.3) is 0 Å². The summed E-state index contributed by atoms with van der Waals surface area (Å²) in [7, 11) is 0. The van der Waals surface area contributed by atoms with Crippen molar-refractivity contribution in [3.8, 4) is 11.3 Å². The van der Waals surface area contributed by atoms with E-state index in [1.165, 1.54) is 6.07 Å². The fourth-order valence-electron chi connectivity index (χ4n) is 1.90. The molecule has 0 unspecified atom stereocenters. The quantitative estimate of drug-likeness (QED) is 0.646. The highest BCUT2D eigenvalue weighted by molar-refractivity contribution is 6.42. The minimum Gasteiger partial charge on any atom is -0.456 e. The molecule has 4 heteroatoms. The highest BCUT2D eigenvalue weighted by Crippen LogP contribution is 2.29.